The first kappa shape index (κ1) is 20.9. The van der Waals surface area contributed by atoms with Gasteiger partial charge in [-0.1, -0.05) is 6.07 Å². The van der Waals surface area contributed by atoms with Crippen LogP contribution in [-0.2, 0) is 19.1 Å². The number of hydrogen-bond acceptors (Lipinski definition) is 9. The minimum absolute atomic E-state index is 0.205. The molecule has 0 saturated carbocycles. The number of imide groups is 2. The molecule has 0 spiro atoms. The minimum atomic E-state index is -1.07. The monoisotopic (exact) mass is 437 g/mol. The Bertz CT molecular complexity index is 920. The lowest BCUT2D eigenvalue weighted by Gasteiger charge is -2.15. The fourth-order valence-electron chi connectivity index (χ4n) is 2.65. The lowest BCUT2D eigenvalue weighted by molar-refractivity contribution is -0.131. The van der Waals surface area contributed by atoms with Crippen molar-refractivity contribution in [2.75, 3.05) is 18.5 Å². The first-order valence-corrected chi connectivity index (χ1v) is 10.2. The van der Waals surface area contributed by atoms with E-state index in [0.29, 0.717) is 29.2 Å². The summed E-state index contributed by atoms with van der Waals surface area (Å²) in [5, 5.41) is 1.22. The van der Waals surface area contributed by atoms with Crippen LogP contribution in [0.2, 0.25) is 0 Å². The van der Waals surface area contributed by atoms with Crippen LogP contribution in [-0.4, -0.2) is 62.7 Å². The van der Waals surface area contributed by atoms with E-state index >= 15 is 0 Å². The molecular formula is C17H15N3O7S2. The number of nitrogens with zero attached hydrogens (tertiary/aromatic N) is 1. The Morgan fingerprint density at radius 2 is 1.93 bits per heavy atom. The quantitative estimate of drug-likeness (QED) is 0.629. The van der Waals surface area contributed by atoms with Crippen LogP contribution in [0.5, 0.6) is 0 Å². The molecule has 5 amide bonds. The third kappa shape index (κ3) is 4.59. The van der Waals surface area contributed by atoms with Gasteiger partial charge in [0.1, 0.15) is 17.0 Å². The van der Waals surface area contributed by atoms with E-state index in [2.05, 4.69) is 10.6 Å². The van der Waals surface area contributed by atoms with Crippen molar-refractivity contribution in [3.8, 4) is 0 Å². The molecule has 2 N–H and O–H groups in total. The van der Waals surface area contributed by atoms with Crippen molar-refractivity contribution in [1.29, 1.82) is 0 Å². The Balaban J connectivity index is 1.63. The molecule has 2 aliphatic rings. The number of amides is 5. The zero-order chi connectivity index (χ0) is 21.1. The lowest BCUT2D eigenvalue weighted by Crippen LogP contribution is -2.42. The highest BCUT2D eigenvalue weighted by Crippen LogP contribution is 2.36. The summed E-state index contributed by atoms with van der Waals surface area (Å²) in [4.78, 5) is 72.5. The Morgan fingerprint density at radius 3 is 2.59 bits per heavy atom. The van der Waals surface area contributed by atoms with Crippen LogP contribution >= 0.6 is 23.5 Å². The smallest absolute Gasteiger partial charge is 0.338 e. The number of carbonyl (C=O) groups excluding carboxylic acids is 6. The average Bonchev–Trinajstić information content (AvgIpc) is 3.14. The number of carbonyl (C=O) groups is 6. The molecular weight excluding hydrogens is 422 g/mol. The maximum Gasteiger partial charge on any atom is 0.338 e. The first-order chi connectivity index (χ1) is 13.8. The number of ether oxygens (including phenoxy) is 1. The van der Waals surface area contributed by atoms with Gasteiger partial charge in [-0.3, -0.25) is 34.2 Å². The van der Waals surface area contributed by atoms with Crippen molar-refractivity contribution < 1.29 is 33.5 Å². The van der Waals surface area contributed by atoms with Crippen LogP contribution in [0.25, 0.3) is 0 Å². The molecule has 12 heteroatoms. The second kappa shape index (κ2) is 8.66. The van der Waals surface area contributed by atoms with Crippen LogP contribution < -0.4 is 10.6 Å². The van der Waals surface area contributed by atoms with E-state index in [1.807, 2.05) is 0 Å². The fraction of sp³-hybridized carbons (Fsp3) is 0.294. The third-order valence-corrected chi connectivity index (χ3v) is 6.29. The van der Waals surface area contributed by atoms with Gasteiger partial charge in [0, 0.05) is 5.69 Å². The standard InChI is InChI=1S/C17H15N3O7S2/c1-2-27-15(24)8-4-3-5-9(6-8)18-10(21)7-20-14(23)12(29-17(20)26)11-13(22)19-16(25)28-11/h3-6,11-12H,2,7H2,1H3,(H,18,21)(H,19,22,25)/t11-,12+/m1/s1. The van der Waals surface area contributed by atoms with Gasteiger partial charge in [0.2, 0.25) is 17.7 Å². The molecule has 0 aromatic heterocycles. The van der Waals surface area contributed by atoms with Crippen LogP contribution in [0.3, 0.4) is 0 Å². The molecule has 3 rings (SSSR count). The molecule has 29 heavy (non-hydrogen) atoms. The molecule has 2 saturated heterocycles. The first-order valence-electron chi connectivity index (χ1n) is 8.40. The Hall–Kier alpha value is -2.86. The zero-order valence-corrected chi connectivity index (χ0v) is 16.6. The van der Waals surface area contributed by atoms with Crippen molar-refractivity contribution in [1.82, 2.24) is 10.2 Å². The number of rotatable bonds is 6. The fourth-order valence-corrected chi connectivity index (χ4v) is 4.76. The van der Waals surface area contributed by atoms with Crippen molar-refractivity contribution in [3.05, 3.63) is 29.8 Å². The van der Waals surface area contributed by atoms with Gasteiger partial charge in [0.15, 0.2) is 0 Å². The lowest BCUT2D eigenvalue weighted by atomic mass is 10.2. The van der Waals surface area contributed by atoms with E-state index in [9.17, 15) is 28.8 Å². The Morgan fingerprint density at radius 1 is 1.17 bits per heavy atom. The maximum absolute atomic E-state index is 12.5. The highest BCUT2D eigenvalue weighted by atomic mass is 32.2. The van der Waals surface area contributed by atoms with Gasteiger partial charge in [-0.25, -0.2) is 4.79 Å². The normalized spacial score (nSPS) is 21.3. The number of hydrogen-bond donors (Lipinski definition) is 2. The summed E-state index contributed by atoms with van der Waals surface area (Å²) in [5.41, 5.74) is 0.530. The number of anilines is 1. The molecule has 0 bridgehead atoms. The molecule has 0 unspecified atom stereocenters. The van der Waals surface area contributed by atoms with Gasteiger partial charge in [-0.2, -0.15) is 0 Å². The van der Waals surface area contributed by atoms with Gasteiger partial charge in [0.05, 0.1) is 12.2 Å². The molecule has 0 aliphatic carbocycles. The van der Waals surface area contributed by atoms with E-state index < -0.39 is 51.2 Å². The van der Waals surface area contributed by atoms with Crippen LogP contribution in [0.1, 0.15) is 17.3 Å². The molecule has 2 aliphatic heterocycles. The average molecular weight is 437 g/mol. The second-order valence-corrected chi connectivity index (χ2v) is 8.10. The molecule has 1 aromatic carbocycles. The number of esters is 1. The van der Waals surface area contributed by atoms with Crippen molar-refractivity contribution in [2.24, 2.45) is 0 Å². The Labute approximate surface area is 173 Å². The highest BCUT2D eigenvalue weighted by molar-refractivity contribution is 8.19. The van der Waals surface area contributed by atoms with Gasteiger partial charge in [0.25, 0.3) is 10.5 Å². The van der Waals surface area contributed by atoms with Crippen LogP contribution in [0.4, 0.5) is 15.3 Å². The van der Waals surface area contributed by atoms with Gasteiger partial charge >= 0.3 is 5.97 Å². The van der Waals surface area contributed by atoms with E-state index in [1.165, 1.54) is 18.2 Å². The van der Waals surface area contributed by atoms with E-state index in [0.717, 1.165) is 4.90 Å². The SMILES string of the molecule is CCOC(=O)c1cccc(NC(=O)CN2C(=O)S[C@@H]([C@H]3SC(=O)NC3=O)C2=O)c1. The van der Waals surface area contributed by atoms with Crippen LogP contribution in [0, 0.1) is 0 Å². The van der Waals surface area contributed by atoms with Crippen molar-refractivity contribution in [3.63, 3.8) is 0 Å². The van der Waals surface area contributed by atoms with Gasteiger partial charge < -0.3 is 10.1 Å². The summed E-state index contributed by atoms with van der Waals surface area (Å²) in [6.07, 6.45) is 0. The van der Waals surface area contributed by atoms with Crippen LogP contribution in [0.15, 0.2) is 24.3 Å². The molecule has 2 fully saturated rings. The predicted molar refractivity (Wildman–Crippen MR) is 104 cm³/mol. The highest BCUT2D eigenvalue weighted by Gasteiger charge is 2.50. The van der Waals surface area contributed by atoms with Gasteiger partial charge in [-0.05, 0) is 48.6 Å². The molecule has 2 atom stereocenters. The largest absolute Gasteiger partial charge is 0.462 e. The number of thioether (sulfide) groups is 2. The molecule has 152 valence electrons. The number of nitrogens with one attached hydrogen (secondary N) is 2. The predicted octanol–water partition coefficient (Wildman–Crippen LogP) is 1.22. The summed E-state index contributed by atoms with van der Waals surface area (Å²) in [7, 11) is 0. The zero-order valence-electron chi connectivity index (χ0n) is 15.0. The van der Waals surface area contributed by atoms with E-state index in [-0.39, 0.29) is 12.2 Å². The maximum atomic E-state index is 12.5. The van der Waals surface area contributed by atoms with Gasteiger partial charge in [-0.15, -0.1) is 0 Å². The summed E-state index contributed by atoms with van der Waals surface area (Å²) in [6.45, 7) is 1.32. The Kier molecular flexibility index (Phi) is 6.23. The topological polar surface area (TPSA) is 139 Å². The second-order valence-electron chi connectivity index (χ2n) is 5.89. The summed E-state index contributed by atoms with van der Waals surface area (Å²) in [5.74, 6) is -2.55. The number of benzene rings is 1. The van der Waals surface area contributed by atoms with Crippen molar-refractivity contribution in [2.45, 2.75) is 17.4 Å². The van der Waals surface area contributed by atoms with E-state index in [4.69, 9.17) is 4.74 Å². The molecule has 10 nitrogen and oxygen atoms in total. The summed E-state index contributed by atoms with van der Waals surface area (Å²) >= 11 is 1.25. The van der Waals surface area contributed by atoms with Crippen molar-refractivity contribution >= 4 is 63.4 Å². The van der Waals surface area contributed by atoms with E-state index in [1.54, 1.807) is 13.0 Å². The molecule has 2 heterocycles. The summed E-state index contributed by atoms with van der Waals surface area (Å²) < 4.78 is 4.89. The molecule has 1 aromatic rings. The minimum Gasteiger partial charge on any atom is -0.462 e. The summed E-state index contributed by atoms with van der Waals surface area (Å²) in [6, 6.07) is 6.02. The third-order valence-electron chi connectivity index (χ3n) is 3.91. The molecule has 0 radical (unpaired) electrons.